The summed E-state index contributed by atoms with van der Waals surface area (Å²) in [5, 5.41) is 7.43. The molecule has 0 aliphatic heterocycles. The molecule has 7 heteroatoms. The Morgan fingerprint density at radius 3 is 2.80 bits per heavy atom. The molecule has 3 heterocycles. The molecule has 0 spiro atoms. The highest BCUT2D eigenvalue weighted by molar-refractivity contribution is 7.18. The highest BCUT2D eigenvalue weighted by Gasteiger charge is 2.10. The third-order valence-electron chi connectivity index (χ3n) is 2.80. The van der Waals surface area contributed by atoms with Gasteiger partial charge in [-0.15, -0.1) is 22.7 Å². The second kappa shape index (κ2) is 5.55. The lowest BCUT2D eigenvalue weighted by atomic mass is 10.3. The van der Waals surface area contributed by atoms with E-state index in [2.05, 4.69) is 33.6 Å². The van der Waals surface area contributed by atoms with Gasteiger partial charge >= 0.3 is 0 Å². The van der Waals surface area contributed by atoms with Crippen molar-refractivity contribution < 1.29 is 0 Å². The van der Waals surface area contributed by atoms with Crippen LogP contribution in [-0.2, 0) is 6.54 Å². The van der Waals surface area contributed by atoms with E-state index in [-0.39, 0.29) is 0 Å². The molecule has 0 aromatic carbocycles. The largest absolute Gasteiger partial charge is 0.364 e. The fourth-order valence-corrected chi connectivity index (χ4v) is 3.81. The van der Waals surface area contributed by atoms with Crippen LogP contribution in [0.5, 0.6) is 0 Å². The van der Waals surface area contributed by atoms with E-state index in [1.165, 1.54) is 9.75 Å². The second-order valence-electron chi connectivity index (χ2n) is 4.28. The minimum Gasteiger partial charge on any atom is -0.364 e. The molecule has 4 nitrogen and oxygen atoms in total. The van der Waals surface area contributed by atoms with Crippen molar-refractivity contribution >= 4 is 56.3 Å². The van der Waals surface area contributed by atoms with Crippen LogP contribution in [0.2, 0.25) is 4.34 Å². The molecule has 3 aromatic heterocycles. The van der Waals surface area contributed by atoms with Crippen LogP contribution in [0, 0.1) is 6.92 Å². The molecular weight excluding hydrogens is 312 g/mol. The number of fused-ring (bicyclic) bond motifs is 1. The van der Waals surface area contributed by atoms with Gasteiger partial charge < -0.3 is 10.6 Å². The summed E-state index contributed by atoms with van der Waals surface area (Å²) in [5.74, 6) is 1.49. The quantitative estimate of drug-likeness (QED) is 0.748. The molecule has 0 saturated heterocycles. The number of hydrogen-bond donors (Lipinski definition) is 2. The number of nitrogens with one attached hydrogen (secondary N) is 2. The zero-order valence-electron chi connectivity index (χ0n) is 11.0. The van der Waals surface area contributed by atoms with Gasteiger partial charge in [0.1, 0.15) is 10.6 Å². The third-order valence-corrected chi connectivity index (χ3v) is 4.97. The molecule has 0 radical (unpaired) electrons. The maximum atomic E-state index is 5.94. The lowest BCUT2D eigenvalue weighted by Gasteiger charge is -2.07. The monoisotopic (exact) mass is 324 g/mol. The van der Waals surface area contributed by atoms with Gasteiger partial charge in [0, 0.05) is 16.8 Å². The molecule has 0 aliphatic carbocycles. The lowest BCUT2D eigenvalue weighted by Crippen LogP contribution is -2.04. The molecule has 3 rings (SSSR count). The number of rotatable bonds is 4. The standard InChI is InChI=1S/C13H13ClN4S2/c1-7-5-9-11(16-6-8-3-4-10(14)20-8)17-13(15-2)18-12(9)19-7/h3-5H,6H2,1-2H3,(H2,15,16,17,18). The van der Waals surface area contributed by atoms with Gasteiger partial charge in [0.2, 0.25) is 5.95 Å². The first-order valence-electron chi connectivity index (χ1n) is 6.10. The molecule has 104 valence electrons. The van der Waals surface area contributed by atoms with Crippen LogP contribution in [0.3, 0.4) is 0 Å². The Labute approximate surface area is 129 Å². The van der Waals surface area contributed by atoms with Gasteiger partial charge in [-0.3, -0.25) is 0 Å². The van der Waals surface area contributed by atoms with E-state index in [4.69, 9.17) is 11.6 Å². The minimum atomic E-state index is 0.631. The van der Waals surface area contributed by atoms with Crippen LogP contribution in [0.4, 0.5) is 11.8 Å². The summed E-state index contributed by atoms with van der Waals surface area (Å²) in [6, 6.07) is 6.05. The Hall–Kier alpha value is -1.37. The van der Waals surface area contributed by atoms with Gasteiger partial charge in [-0.1, -0.05) is 11.6 Å². The van der Waals surface area contributed by atoms with Crippen molar-refractivity contribution in [2.45, 2.75) is 13.5 Å². The summed E-state index contributed by atoms with van der Waals surface area (Å²) in [5.41, 5.74) is 0. The maximum Gasteiger partial charge on any atom is 0.225 e. The van der Waals surface area contributed by atoms with E-state index < -0.39 is 0 Å². The summed E-state index contributed by atoms with van der Waals surface area (Å²) in [7, 11) is 1.82. The van der Waals surface area contributed by atoms with Gasteiger partial charge in [0.15, 0.2) is 0 Å². The lowest BCUT2D eigenvalue weighted by molar-refractivity contribution is 1.12. The van der Waals surface area contributed by atoms with Crippen LogP contribution in [-0.4, -0.2) is 17.0 Å². The van der Waals surface area contributed by atoms with Crippen LogP contribution in [0.1, 0.15) is 9.75 Å². The zero-order chi connectivity index (χ0) is 14.1. The van der Waals surface area contributed by atoms with E-state index >= 15 is 0 Å². The van der Waals surface area contributed by atoms with Crippen molar-refractivity contribution in [3.05, 3.63) is 32.3 Å². The molecule has 0 saturated carbocycles. The molecule has 2 N–H and O–H groups in total. The Morgan fingerprint density at radius 2 is 2.10 bits per heavy atom. The first-order chi connectivity index (χ1) is 9.65. The second-order valence-corrected chi connectivity index (χ2v) is 7.32. The SMILES string of the molecule is CNc1nc(NCc2ccc(Cl)s2)c2cc(C)sc2n1. The molecular formula is C13H13ClN4S2. The Kier molecular flexibility index (Phi) is 3.78. The zero-order valence-corrected chi connectivity index (χ0v) is 13.4. The number of anilines is 2. The number of halogens is 1. The van der Waals surface area contributed by atoms with Crippen molar-refractivity contribution in [2.75, 3.05) is 17.7 Å². The topological polar surface area (TPSA) is 49.8 Å². The summed E-state index contributed by atoms with van der Waals surface area (Å²) in [6.07, 6.45) is 0. The van der Waals surface area contributed by atoms with Crippen molar-refractivity contribution in [1.29, 1.82) is 0 Å². The Morgan fingerprint density at radius 1 is 1.25 bits per heavy atom. The third kappa shape index (κ3) is 2.72. The maximum absolute atomic E-state index is 5.94. The van der Waals surface area contributed by atoms with Gasteiger partial charge in [-0.25, -0.2) is 4.98 Å². The highest BCUT2D eigenvalue weighted by Crippen LogP contribution is 2.30. The van der Waals surface area contributed by atoms with Crippen LogP contribution in [0.25, 0.3) is 10.2 Å². The van der Waals surface area contributed by atoms with Crippen LogP contribution < -0.4 is 10.6 Å². The Bertz CT molecular complexity index is 750. The predicted octanol–water partition coefficient (Wildman–Crippen LogP) is 4.37. The first kappa shape index (κ1) is 13.6. The summed E-state index contributed by atoms with van der Waals surface area (Å²) >= 11 is 9.19. The molecule has 0 fully saturated rings. The number of hydrogen-bond acceptors (Lipinski definition) is 6. The normalized spacial score (nSPS) is 10.9. The molecule has 0 unspecified atom stereocenters. The number of aromatic nitrogens is 2. The minimum absolute atomic E-state index is 0.631. The fraction of sp³-hybridized carbons (Fsp3) is 0.231. The number of thiophene rings is 2. The van der Waals surface area contributed by atoms with E-state index in [0.29, 0.717) is 12.5 Å². The predicted molar refractivity (Wildman–Crippen MR) is 88.4 cm³/mol. The van der Waals surface area contributed by atoms with Crippen LogP contribution >= 0.6 is 34.3 Å². The average Bonchev–Trinajstić information content (AvgIpc) is 3.00. The summed E-state index contributed by atoms with van der Waals surface area (Å²) in [4.78, 5) is 12.4. The first-order valence-corrected chi connectivity index (χ1v) is 8.11. The van der Waals surface area contributed by atoms with Crippen molar-refractivity contribution in [1.82, 2.24) is 9.97 Å². The number of nitrogens with zero attached hydrogens (tertiary/aromatic N) is 2. The van der Waals surface area contributed by atoms with E-state index in [0.717, 1.165) is 20.4 Å². The van der Waals surface area contributed by atoms with Crippen molar-refractivity contribution in [3.63, 3.8) is 0 Å². The molecule has 3 aromatic rings. The van der Waals surface area contributed by atoms with Gasteiger partial charge in [0.25, 0.3) is 0 Å². The molecule has 0 amide bonds. The average molecular weight is 325 g/mol. The van der Waals surface area contributed by atoms with Crippen molar-refractivity contribution in [2.24, 2.45) is 0 Å². The van der Waals surface area contributed by atoms with Gasteiger partial charge in [-0.05, 0) is 25.1 Å². The summed E-state index contributed by atoms with van der Waals surface area (Å²) in [6.45, 7) is 2.79. The molecule has 0 atom stereocenters. The van der Waals surface area contributed by atoms with Gasteiger partial charge in [0.05, 0.1) is 16.3 Å². The highest BCUT2D eigenvalue weighted by atomic mass is 35.5. The molecule has 20 heavy (non-hydrogen) atoms. The van der Waals surface area contributed by atoms with E-state index in [1.807, 2.05) is 19.2 Å². The molecule has 0 aliphatic rings. The van der Waals surface area contributed by atoms with Crippen molar-refractivity contribution in [3.8, 4) is 0 Å². The van der Waals surface area contributed by atoms with Gasteiger partial charge in [-0.2, -0.15) is 4.98 Å². The molecule has 0 bridgehead atoms. The Balaban J connectivity index is 1.92. The van der Waals surface area contributed by atoms with E-state index in [9.17, 15) is 0 Å². The van der Waals surface area contributed by atoms with E-state index in [1.54, 1.807) is 22.7 Å². The summed E-state index contributed by atoms with van der Waals surface area (Å²) < 4.78 is 0.803. The fourth-order valence-electron chi connectivity index (χ4n) is 1.91. The van der Waals surface area contributed by atoms with Crippen LogP contribution in [0.15, 0.2) is 18.2 Å². The number of aryl methyl sites for hydroxylation is 1. The smallest absolute Gasteiger partial charge is 0.225 e.